The SMILES string of the molecule is C(=Cc1ccc(N(c2ccccc2)c2ccc3ccccc3c2)cc1)c1ccc(C=Cc2ccc(N(c3ccccc3)c3ccc4ccccc4c3)cc2)cc1. The van der Waals surface area contributed by atoms with Crippen molar-refractivity contribution in [2.45, 2.75) is 0 Å². The first-order valence-corrected chi connectivity index (χ1v) is 19.1. The van der Waals surface area contributed by atoms with Gasteiger partial charge in [0.1, 0.15) is 0 Å². The van der Waals surface area contributed by atoms with Gasteiger partial charge in [-0.25, -0.2) is 0 Å². The Labute approximate surface area is 329 Å². The van der Waals surface area contributed by atoms with Gasteiger partial charge in [-0.3, -0.25) is 0 Å². The van der Waals surface area contributed by atoms with Gasteiger partial charge in [-0.2, -0.15) is 0 Å². The standard InChI is InChI=1S/C54H40N2/c1-3-15-49(16-4-1)55(53-37-31-45-11-7-9-13-47(45)39-53)51-33-27-43(28-34-51)25-23-41-19-21-42(22-20-41)24-26-44-29-35-52(36-30-44)56(50-17-5-2-6-18-50)54-38-32-46-12-8-10-14-48(46)40-54/h1-40H. The van der Waals surface area contributed by atoms with Crippen molar-refractivity contribution in [2.24, 2.45) is 0 Å². The van der Waals surface area contributed by atoms with Crippen LogP contribution in [0.3, 0.4) is 0 Å². The first-order chi connectivity index (χ1) is 27.7. The average molecular weight is 717 g/mol. The number of nitrogens with zero attached hydrogens (tertiary/aromatic N) is 2. The molecule has 56 heavy (non-hydrogen) atoms. The van der Waals surface area contributed by atoms with E-state index in [1.54, 1.807) is 0 Å². The van der Waals surface area contributed by atoms with Crippen LogP contribution < -0.4 is 9.80 Å². The highest BCUT2D eigenvalue weighted by Gasteiger charge is 2.14. The van der Waals surface area contributed by atoms with Gasteiger partial charge in [-0.05, 0) is 117 Å². The molecule has 0 spiro atoms. The van der Waals surface area contributed by atoms with Crippen LogP contribution in [0.15, 0.2) is 218 Å². The molecule has 9 aromatic rings. The molecule has 0 atom stereocenters. The second-order valence-corrected chi connectivity index (χ2v) is 13.9. The van der Waals surface area contributed by atoms with E-state index in [1.807, 2.05) is 0 Å². The third-order valence-corrected chi connectivity index (χ3v) is 10.2. The predicted molar refractivity (Wildman–Crippen MR) is 242 cm³/mol. The molecule has 0 saturated heterocycles. The molecule has 2 nitrogen and oxygen atoms in total. The molecule has 0 bridgehead atoms. The predicted octanol–water partition coefficient (Wildman–Crippen LogP) is 15.3. The van der Waals surface area contributed by atoms with Crippen molar-refractivity contribution in [3.63, 3.8) is 0 Å². The number of anilines is 6. The summed E-state index contributed by atoms with van der Waals surface area (Å²) < 4.78 is 0. The van der Waals surface area contributed by atoms with E-state index < -0.39 is 0 Å². The van der Waals surface area contributed by atoms with Gasteiger partial charge in [0.2, 0.25) is 0 Å². The minimum absolute atomic E-state index is 1.12. The van der Waals surface area contributed by atoms with E-state index >= 15 is 0 Å². The van der Waals surface area contributed by atoms with Gasteiger partial charge in [-0.15, -0.1) is 0 Å². The number of rotatable bonds is 10. The van der Waals surface area contributed by atoms with Crippen LogP contribution in [0.1, 0.15) is 22.3 Å². The normalized spacial score (nSPS) is 11.4. The van der Waals surface area contributed by atoms with E-state index in [0.717, 1.165) is 56.4 Å². The molecule has 0 radical (unpaired) electrons. The molecule has 0 heterocycles. The zero-order chi connectivity index (χ0) is 37.5. The zero-order valence-corrected chi connectivity index (χ0v) is 31.0. The second-order valence-electron chi connectivity index (χ2n) is 13.9. The van der Waals surface area contributed by atoms with Crippen LogP contribution in [0.2, 0.25) is 0 Å². The summed E-state index contributed by atoms with van der Waals surface area (Å²) >= 11 is 0. The maximum absolute atomic E-state index is 2.31. The van der Waals surface area contributed by atoms with Gasteiger partial charge < -0.3 is 9.80 Å². The molecule has 266 valence electrons. The van der Waals surface area contributed by atoms with Crippen LogP contribution >= 0.6 is 0 Å². The Morgan fingerprint density at radius 2 is 0.482 bits per heavy atom. The van der Waals surface area contributed by atoms with E-state index in [1.165, 1.54) is 21.5 Å². The molecule has 0 aromatic heterocycles. The Balaban J connectivity index is 0.883. The lowest BCUT2D eigenvalue weighted by Gasteiger charge is -2.26. The third kappa shape index (κ3) is 7.64. The summed E-state index contributed by atoms with van der Waals surface area (Å²) in [6.45, 7) is 0. The molecule has 0 amide bonds. The van der Waals surface area contributed by atoms with Crippen molar-refractivity contribution >= 4 is 80.0 Å². The number of fused-ring (bicyclic) bond motifs is 2. The fourth-order valence-electron chi connectivity index (χ4n) is 7.25. The van der Waals surface area contributed by atoms with Crippen molar-refractivity contribution in [3.8, 4) is 0 Å². The summed E-state index contributed by atoms with van der Waals surface area (Å²) in [7, 11) is 0. The molecule has 0 aliphatic rings. The summed E-state index contributed by atoms with van der Waals surface area (Å²) in [5.74, 6) is 0. The molecule has 0 saturated carbocycles. The number of benzene rings is 9. The molecular formula is C54H40N2. The number of hydrogen-bond donors (Lipinski definition) is 0. The van der Waals surface area contributed by atoms with E-state index in [-0.39, 0.29) is 0 Å². The van der Waals surface area contributed by atoms with Crippen molar-refractivity contribution in [3.05, 3.63) is 241 Å². The van der Waals surface area contributed by atoms with Crippen molar-refractivity contribution < 1.29 is 0 Å². The third-order valence-electron chi connectivity index (χ3n) is 10.2. The maximum atomic E-state index is 2.31. The van der Waals surface area contributed by atoms with Crippen molar-refractivity contribution in [1.29, 1.82) is 0 Å². The van der Waals surface area contributed by atoms with Crippen LogP contribution in [0, 0.1) is 0 Å². The topological polar surface area (TPSA) is 6.48 Å². The minimum atomic E-state index is 1.12. The maximum Gasteiger partial charge on any atom is 0.0468 e. The fourth-order valence-corrected chi connectivity index (χ4v) is 7.25. The zero-order valence-electron chi connectivity index (χ0n) is 31.0. The van der Waals surface area contributed by atoms with E-state index in [9.17, 15) is 0 Å². The smallest absolute Gasteiger partial charge is 0.0468 e. The molecule has 9 aromatic carbocycles. The highest BCUT2D eigenvalue weighted by atomic mass is 15.1. The molecule has 0 aliphatic carbocycles. The van der Waals surface area contributed by atoms with Crippen molar-refractivity contribution in [2.75, 3.05) is 9.80 Å². The molecular weight excluding hydrogens is 677 g/mol. The summed E-state index contributed by atoms with van der Waals surface area (Å²) in [6.07, 6.45) is 8.70. The van der Waals surface area contributed by atoms with Gasteiger partial charge in [0.05, 0.1) is 0 Å². The first kappa shape index (κ1) is 34.4. The van der Waals surface area contributed by atoms with Gasteiger partial charge in [0.25, 0.3) is 0 Å². The fraction of sp³-hybridized carbons (Fsp3) is 0. The van der Waals surface area contributed by atoms with Gasteiger partial charge in [-0.1, -0.05) is 170 Å². The Bertz CT molecular complexity index is 2570. The Kier molecular flexibility index (Phi) is 9.75. The molecule has 0 N–H and O–H groups in total. The van der Waals surface area contributed by atoms with Crippen LogP contribution in [0.5, 0.6) is 0 Å². The highest BCUT2D eigenvalue weighted by molar-refractivity contribution is 5.91. The Morgan fingerprint density at radius 1 is 0.214 bits per heavy atom. The Hall–Kier alpha value is -7.42. The largest absolute Gasteiger partial charge is 0.310 e. The quantitative estimate of drug-likeness (QED) is 0.130. The van der Waals surface area contributed by atoms with Gasteiger partial charge >= 0.3 is 0 Å². The lowest BCUT2D eigenvalue weighted by molar-refractivity contribution is 1.29. The minimum Gasteiger partial charge on any atom is -0.310 e. The lowest BCUT2D eigenvalue weighted by atomic mass is 10.1. The summed E-state index contributed by atoms with van der Waals surface area (Å²) in [5, 5.41) is 4.93. The van der Waals surface area contributed by atoms with Crippen molar-refractivity contribution in [1.82, 2.24) is 0 Å². The van der Waals surface area contributed by atoms with Crippen LogP contribution in [-0.2, 0) is 0 Å². The van der Waals surface area contributed by atoms with E-state index in [0.29, 0.717) is 0 Å². The molecule has 2 heteroatoms. The van der Waals surface area contributed by atoms with E-state index in [4.69, 9.17) is 0 Å². The summed E-state index contributed by atoms with van der Waals surface area (Å²) in [5.41, 5.74) is 11.4. The van der Waals surface area contributed by atoms with Crippen LogP contribution in [0.25, 0.3) is 45.8 Å². The highest BCUT2D eigenvalue weighted by Crippen LogP contribution is 2.37. The second kappa shape index (κ2) is 15.9. The summed E-state index contributed by atoms with van der Waals surface area (Å²) in [4.78, 5) is 4.62. The van der Waals surface area contributed by atoms with Gasteiger partial charge in [0, 0.05) is 34.1 Å². The number of para-hydroxylation sites is 2. The Morgan fingerprint density at radius 3 is 0.839 bits per heavy atom. The monoisotopic (exact) mass is 716 g/mol. The lowest BCUT2D eigenvalue weighted by Crippen LogP contribution is -2.09. The van der Waals surface area contributed by atoms with Gasteiger partial charge in [0.15, 0.2) is 0 Å². The molecule has 0 unspecified atom stereocenters. The molecule has 9 rings (SSSR count). The van der Waals surface area contributed by atoms with Crippen LogP contribution in [0.4, 0.5) is 34.1 Å². The average Bonchev–Trinajstić information content (AvgIpc) is 3.27. The molecule has 0 fully saturated rings. The van der Waals surface area contributed by atoms with E-state index in [2.05, 4.69) is 252 Å². The first-order valence-electron chi connectivity index (χ1n) is 19.1. The van der Waals surface area contributed by atoms with Crippen LogP contribution in [-0.4, -0.2) is 0 Å². The summed E-state index contributed by atoms with van der Waals surface area (Å²) in [6, 6.07) is 77.7. The number of hydrogen-bond acceptors (Lipinski definition) is 2. The molecule has 0 aliphatic heterocycles.